The SMILES string of the molecule is CCOc1ccc(S(=O)(=O)N2CCC[C@H](C(=O)NCc3ccc(OC)c(OC)c3)C2)cc1. The molecule has 2 aromatic carbocycles. The highest BCUT2D eigenvalue weighted by Gasteiger charge is 2.33. The Morgan fingerprint density at radius 2 is 1.81 bits per heavy atom. The minimum absolute atomic E-state index is 0.160. The smallest absolute Gasteiger partial charge is 0.243 e. The van der Waals surface area contributed by atoms with Crippen molar-refractivity contribution in [2.45, 2.75) is 31.2 Å². The van der Waals surface area contributed by atoms with Crippen molar-refractivity contribution in [2.24, 2.45) is 5.92 Å². The van der Waals surface area contributed by atoms with Gasteiger partial charge in [0.05, 0.1) is 31.6 Å². The summed E-state index contributed by atoms with van der Waals surface area (Å²) in [7, 11) is -0.554. The molecule has 1 fully saturated rings. The van der Waals surface area contributed by atoms with Gasteiger partial charge >= 0.3 is 0 Å². The minimum atomic E-state index is -3.68. The summed E-state index contributed by atoms with van der Waals surface area (Å²) in [5, 5.41) is 2.92. The summed E-state index contributed by atoms with van der Waals surface area (Å²) in [4.78, 5) is 13.0. The summed E-state index contributed by atoms with van der Waals surface area (Å²) in [5.41, 5.74) is 0.866. The lowest BCUT2D eigenvalue weighted by atomic mass is 9.98. The fourth-order valence-corrected chi connectivity index (χ4v) is 5.25. The number of amides is 1. The molecule has 3 rings (SSSR count). The van der Waals surface area contributed by atoms with E-state index in [4.69, 9.17) is 14.2 Å². The van der Waals surface area contributed by atoms with E-state index in [-0.39, 0.29) is 17.3 Å². The number of carbonyl (C=O) groups excluding carboxylic acids is 1. The molecule has 0 spiro atoms. The summed E-state index contributed by atoms with van der Waals surface area (Å²) in [6.45, 7) is 3.26. The molecule has 8 nitrogen and oxygen atoms in total. The third-order valence-electron chi connectivity index (χ3n) is 5.44. The highest BCUT2D eigenvalue weighted by atomic mass is 32.2. The Hall–Kier alpha value is -2.78. The van der Waals surface area contributed by atoms with Crippen LogP contribution in [0.2, 0.25) is 0 Å². The highest BCUT2D eigenvalue weighted by molar-refractivity contribution is 7.89. The highest BCUT2D eigenvalue weighted by Crippen LogP contribution is 2.28. The van der Waals surface area contributed by atoms with Crippen LogP contribution < -0.4 is 19.5 Å². The zero-order chi connectivity index (χ0) is 23.1. The molecular weight excluding hydrogens is 432 g/mol. The second kappa shape index (κ2) is 10.7. The zero-order valence-corrected chi connectivity index (χ0v) is 19.5. The van der Waals surface area contributed by atoms with Crippen molar-refractivity contribution in [2.75, 3.05) is 33.9 Å². The second-order valence-electron chi connectivity index (χ2n) is 7.51. The van der Waals surface area contributed by atoms with Crippen LogP contribution in [0.1, 0.15) is 25.3 Å². The second-order valence-corrected chi connectivity index (χ2v) is 9.45. The Kier molecular flexibility index (Phi) is 7.98. The summed E-state index contributed by atoms with van der Waals surface area (Å²) < 4.78 is 43.4. The Morgan fingerprint density at radius 3 is 2.47 bits per heavy atom. The van der Waals surface area contributed by atoms with E-state index in [9.17, 15) is 13.2 Å². The molecule has 0 saturated carbocycles. The molecule has 0 unspecified atom stereocenters. The zero-order valence-electron chi connectivity index (χ0n) is 18.7. The Morgan fingerprint density at radius 1 is 1.09 bits per heavy atom. The Labute approximate surface area is 189 Å². The number of sulfonamides is 1. The van der Waals surface area contributed by atoms with Gasteiger partial charge in [-0.3, -0.25) is 4.79 Å². The van der Waals surface area contributed by atoms with E-state index in [1.54, 1.807) is 44.6 Å². The number of methoxy groups -OCH3 is 2. The number of nitrogens with zero attached hydrogens (tertiary/aromatic N) is 1. The van der Waals surface area contributed by atoms with Crippen molar-refractivity contribution in [1.29, 1.82) is 0 Å². The van der Waals surface area contributed by atoms with Crippen LogP contribution in [0.25, 0.3) is 0 Å². The fourth-order valence-electron chi connectivity index (χ4n) is 3.72. The van der Waals surface area contributed by atoms with Gasteiger partial charge in [-0.15, -0.1) is 0 Å². The number of ether oxygens (including phenoxy) is 3. The largest absolute Gasteiger partial charge is 0.494 e. The monoisotopic (exact) mass is 462 g/mol. The molecule has 1 aliphatic heterocycles. The molecule has 1 N–H and O–H groups in total. The van der Waals surface area contributed by atoms with Gasteiger partial charge < -0.3 is 19.5 Å². The maximum atomic E-state index is 13.1. The quantitative estimate of drug-likeness (QED) is 0.616. The maximum absolute atomic E-state index is 13.1. The van der Waals surface area contributed by atoms with Gasteiger partial charge in [0.15, 0.2) is 11.5 Å². The first kappa shape index (κ1) is 23.9. The molecule has 9 heteroatoms. The predicted molar refractivity (Wildman–Crippen MR) is 120 cm³/mol. The van der Waals surface area contributed by atoms with Crippen LogP contribution in [-0.4, -0.2) is 52.5 Å². The molecule has 0 radical (unpaired) electrons. The van der Waals surface area contributed by atoms with Crippen LogP contribution in [-0.2, 0) is 21.4 Å². The third kappa shape index (κ3) is 5.52. The fraction of sp³-hybridized carbons (Fsp3) is 0.435. The number of hydrogen-bond acceptors (Lipinski definition) is 6. The number of nitrogens with one attached hydrogen (secondary N) is 1. The van der Waals surface area contributed by atoms with Gasteiger partial charge in [0.25, 0.3) is 0 Å². The van der Waals surface area contributed by atoms with E-state index in [1.807, 2.05) is 19.1 Å². The summed E-state index contributed by atoms with van der Waals surface area (Å²) in [5.74, 6) is 1.26. The van der Waals surface area contributed by atoms with Crippen molar-refractivity contribution in [1.82, 2.24) is 9.62 Å². The first-order chi connectivity index (χ1) is 15.4. The van der Waals surface area contributed by atoms with Crippen LogP contribution in [0.4, 0.5) is 0 Å². The first-order valence-electron chi connectivity index (χ1n) is 10.6. The molecule has 1 atom stereocenters. The average molecular weight is 463 g/mol. The molecule has 32 heavy (non-hydrogen) atoms. The lowest BCUT2D eigenvalue weighted by molar-refractivity contribution is -0.126. The van der Waals surface area contributed by atoms with Gasteiger partial charge in [0.2, 0.25) is 15.9 Å². The lowest BCUT2D eigenvalue weighted by Crippen LogP contribution is -2.45. The summed E-state index contributed by atoms with van der Waals surface area (Å²) >= 11 is 0. The number of carbonyl (C=O) groups is 1. The van der Waals surface area contributed by atoms with Crippen LogP contribution in [0.3, 0.4) is 0 Å². The molecule has 1 heterocycles. The topological polar surface area (TPSA) is 94.2 Å². The molecule has 0 aromatic heterocycles. The van der Waals surface area contributed by atoms with Crippen molar-refractivity contribution < 1.29 is 27.4 Å². The molecule has 0 bridgehead atoms. The number of piperidine rings is 1. The van der Waals surface area contributed by atoms with Crippen molar-refractivity contribution in [3.8, 4) is 17.2 Å². The van der Waals surface area contributed by atoms with Crippen LogP contribution >= 0.6 is 0 Å². The summed E-state index contributed by atoms with van der Waals surface area (Å²) in [6.07, 6.45) is 1.28. The van der Waals surface area contributed by atoms with Gasteiger partial charge in [-0.2, -0.15) is 4.31 Å². The molecule has 2 aromatic rings. The van der Waals surface area contributed by atoms with Gasteiger partial charge in [-0.25, -0.2) is 8.42 Å². The van der Waals surface area contributed by atoms with Crippen molar-refractivity contribution in [3.63, 3.8) is 0 Å². The van der Waals surface area contributed by atoms with Crippen LogP contribution in [0, 0.1) is 5.92 Å². The van der Waals surface area contributed by atoms with Gasteiger partial charge in [0, 0.05) is 19.6 Å². The van der Waals surface area contributed by atoms with E-state index in [0.717, 1.165) is 5.56 Å². The number of hydrogen-bond donors (Lipinski definition) is 1. The van der Waals surface area contributed by atoms with E-state index >= 15 is 0 Å². The normalized spacial score (nSPS) is 16.9. The molecule has 1 amide bonds. The summed E-state index contributed by atoms with van der Waals surface area (Å²) in [6, 6.07) is 11.8. The van der Waals surface area contributed by atoms with E-state index < -0.39 is 15.9 Å². The molecule has 174 valence electrons. The van der Waals surface area contributed by atoms with Crippen LogP contribution in [0.5, 0.6) is 17.2 Å². The Bertz CT molecular complexity index is 1020. The molecule has 1 saturated heterocycles. The lowest BCUT2D eigenvalue weighted by Gasteiger charge is -2.31. The van der Waals surface area contributed by atoms with Crippen LogP contribution in [0.15, 0.2) is 47.4 Å². The van der Waals surface area contributed by atoms with Gasteiger partial charge in [0.1, 0.15) is 5.75 Å². The third-order valence-corrected chi connectivity index (χ3v) is 7.32. The van der Waals surface area contributed by atoms with Crippen molar-refractivity contribution in [3.05, 3.63) is 48.0 Å². The van der Waals surface area contributed by atoms with E-state index in [2.05, 4.69) is 5.32 Å². The molecular formula is C23H30N2O6S. The first-order valence-corrected chi connectivity index (χ1v) is 12.0. The minimum Gasteiger partial charge on any atom is -0.494 e. The van der Waals surface area contributed by atoms with E-state index in [1.165, 1.54) is 4.31 Å². The van der Waals surface area contributed by atoms with Gasteiger partial charge in [-0.05, 0) is 61.7 Å². The number of benzene rings is 2. The standard InChI is InChI=1S/C23H30N2O6S/c1-4-31-19-8-10-20(11-9-19)32(27,28)25-13-5-6-18(16-25)23(26)24-15-17-7-12-21(29-2)22(14-17)30-3/h7-12,14,18H,4-6,13,15-16H2,1-3H3,(H,24,26)/t18-/m0/s1. The molecule has 1 aliphatic rings. The van der Waals surface area contributed by atoms with Gasteiger partial charge in [-0.1, -0.05) is 6.07 Å². The predicted octanol–water partition coefficient (Wildman–Crippen LogP) is 2.82. The number of rotatable bonds is 9. The van der Waals surface area contributed by atoms with Crippen molar-refractivity contribution >= 4 is 15.9 Å². The Balaban J connectivity index is 1.63. The average Bonchev–Trinajstić information content (AvgIpc) is 2.83. The molecule has 0 aliphatic carbocycles. The van der Waals surface area contributed by atoms with E-state index in [0.29, 0.717) is 49.8 Å². The maximum Gasteiger partial charge on any atom is 0.243 e.